The molecule has 3 nitrogen and oxygen atoms in total. The Morgan fingerprint density at radius 2 is 2.17 bits per heavy atom. The van der Waals surface area contributed by atoms with Gasteiger partial charge in [0, 0.05) is 18.1 Å². The zero-order chi connectivity index (χ0) is 12.7. The molecule has 18 heavy (non-hydrogen) atoms. The van der Waals surface area contributed by atoms with Crippen molar-refractivity contribution in [2.45, 2.75) is 25.5 Å². The summed E-state index contributed by atoms with van der Waals surface area (Å²) >= 11 is 3.23. The predicted molar refractivity (Wildman–Crippen MR) is 66.2 cm³/mol. The summed E-state index contributed by atoms with van der Waals surface area (Å²) in [6, 6.07) is 2.14. The van der Waals surface area contributed by atoms with Crippen LogP contribution in [-0.4, -0.2) is 16.4 Å². The number of hydrogen-bond donors (Lipinski definition) is 0. The number of halogens is 3. The summed E-state index contributed by atoms with van der Waals surface area (Å²) in [7, 11) is 0. The number of hydrogen-bond acceptors (Lipinski definition) is 2. The molecule has 3 rings (SSSR count). The topological polar surface area (TPSA) is 27.1 Å². The molecular formula is C12H11BrF2N2O. The quantitative estimate of drug-likeness (QED) is 0.800. The van der Waals surface area contributed by atoms with E-state index in [2.05, 4.69) is 21.0 Å². The molecule has 1 atom stereocenters. The Labute approximate surface area is 111 Å². The maximum Gasteiger partial charge on any atom is 0.152 e. The minimum Gasteiger partial charge on any atom is -0.356 e. The van der Waals surface area contributed by atoms with Crippen LogP contribution < -0.4 is 0 Å². The molecule has 96 valence electrons. The summed E-state index contributed by atoms with van der Waals surface area (Å²) in [5, 5.41) is 4.65. The molecule has 1 aromatic carbocycles. The highest BCUT2D eigenvalue weighted by atomic mass is 79.9. The first-order valence-corrected chi connectivity index (χ1v) is 6.60. The van der Waals surface area contributed by atoms with Crippen molar-refractivity contribution >= 4 is 26.8 Å². The predicted octanol–water partition coefficient (Wildman–Crippen LogP) is 3.78. The first kappa shape index (κ1) is 12.0. The van der Waals surface area contributed by atoms with E-state index in [4.69, 9.17) is 4.74 Å². The van der Waals surface area contributed by atoms with E-state index in [0.29, 0.717) is 16.6 Å². The molecule has 2 heterocycles. The van der Waals surface area contributed by atoms with Crippen molar-refractivity contribution in [2.24, 2.45) is 0 Å². The molecule has 0 saturated carbocycles. The highest BCUT2D eigenvalue weighted by Crippen LogP contribution is 2.32. The minimum atomic E-state index is -0.614. The summed E-state index contributed by atoms with van der Waals surface area (Å²) in [5.41, 5.74) is 0.287. The molecule has 1 fully saturated rings. The molecule has 0 radical (unpaired) electrons. The van der Waals surface area contributed by atoms with Gasteiger partial charge in [0.1, 0.15) is 15.9 Å². The lowest BCUT2D eigenvalue weighted by molar-refractivity contribution is -0.0371. The Morgan fingerprint density at radius 3 is 2.89 bits per heavy atom. The minimum absolute atomic E-state index is 0.271. The SMILES string of the molecule is Fc1cc(F)c2c(c1)c(Br)nn2C1CCCCO1. The van der Waals surface area contributed by atoms with E-state index < -0.39 is 11.6 Å². The lowest BCUT2D eigenvalue weighted by atomic mass is 10.2. The van der Waals surface area contributed by atoms with Crippen molar-refractivity contribution in [1.29, 1.82) is 0 Å². The van der Waals surface area contributed by atoms with E-state index in [9.17, 15) is 8.78 Å². The van der Waals surface area contributed by atoms with Gasteiger partial charge in [-0.15, -0.1) is 0 Å². The van der Waals surface area contributed by atoms with Crippen molar-refractivity contribution in [3.05, 3.63) is 28.4 Å². The molecule has 0 N–H and O–H groups in total. The number of aromatic nitrogens is 2. The van der Waals surface area contributed by atoms with E-state index in [1.165, 1.54) is 10.7 Å². The Bertz CT molecular complexity index is 593. The van der Waals surface area contributed by atoms with Crippen LogP contribution in [0.25, 0.3) is 10.9 Å². The fourth-order valence-electron chi connectivity index (χ4n) is 2.28. The standard InChI is InChI=1S/C12H11BrF2N2O/c13-12-8-5-7(14)6-9(15)11(8)17(16-12)10-3-1-2-4-18-10/h5-6,10H,1-4H2. The van der Waals surface area contributed by atoms with E-state index in [-0.39, 0.29) is 11.7 Å². The maximum absolute atomic E-state index is 13.9. The summed E-state index contributed by atoms with van der Waals surface area (Å²) in [5.74, 6) is -1.22. The second-order valence-corrected chi connectivity index (χ2v) is 5.09. The van der Waals surface area contributed by atoms with Gasteiger partial charge in [-0.05, 0) is 41.3 Å². The van der Waals surface area contributed by atoms with Gasteiger partial charge in [-0.2, -0.15) is 5.10 Å². The molecule has 1 unspecified atom stereocenters. The molecular weight excluding hydrogens is 306 g/mol. The van der Waals surface area contributed by atoms with Crippen LogP contribution in [-0.2, 0) is 4.74 Å². The average Bonchev–Trinajstić information content (AvgIpc) is 2.68. The number of fused-ring (bicyclic) bond motifs is 1. The molecule has 1 aliphatic rings. The molecule has 2 aromatic rings. The van der Waals surface area contributed by atoms with Crippen LogP contribution in [0.1, 0.15) is 25.5 Å². The fourth-order valence-corrected chi connectivity index (χ4v) is 2.75. The van der Waals surface area contributed by atoms with Crippen LogP contribution in [0.5, 0.6) is 0 Å². The molecule has 6 heteroatoms. The van der Waals surface area contributed by atoms with Crippen LogP contribution >= 0.6 is 15.9 Å². The zero-order valence-electron chi connectivity index (χ0n) is 9.50. The van der Waals surface area contributed by atoms with E-state index in [1.54, 1.807) is 0 Å². The van der Waals surface area contributed by atoms with Crippen molar-refractivity contribution in [1.82, 2.24) is 9.78 Å². The largest absolute Gasteiger partial charge is 0.356 e. The van der Waals surface area contributed by atoms with Crippen LogP contribution in [0.3, 0.4) is 0 Å². The van der Waals surface area contributed by atoms with E-state index in [0.717, 1.165) is 25.3 Å². The molecule has 0 spiro atoms. The van der Waals surface area contributed by atoms with Gasteiger partial charge in [-0.25, -0.2) is 13.5 Å². The third kappa shape index (κ3) is 1.93. The number of benzene rings is 1. The van der Waals surface area contributed by atoms with Crippen LogP contribution in [0.15, 0.2) is 16.7 Å². The first-order chi connectivity index (χ1) is 8.66. The second kappa shape index (κ2) is 4.59. The van der Waals surface area contributed by atoms with Gasteiger partial charge in [0.05, 0.1) is 0 Å². The molecule has 0 aliphatic carbocycles. The smallest absolute Gasteiger partial charge is 0.152 e. The van der Waals surface area contributed by atoms with Gasteiger partial charge in [0.15, 0.2) is 12.0 Å². The van der Waals surface area contributed by atoms with Gasteiger partial charge < -0.3 is 4.74 Å². The Hall–Kier alpha value is -1.01. The molecule has 1 aromatic heterocycles. The highest BCUT2D eigenvalue weighted by molar-refractivity contribution is 9.10. The lowest BCUT2D eigenvalue weighted by Crippen LogP contribution is -2.19. The third-order valence-corrected chi connectivity index (χ3v) is 3.69. The van der Waals surface area contributed by atoms with Gasteiger partial charge in [0.25, 0.3) is 0 Å². The molecule has 1 saturated heterocycles. The average molecular weight is 317 g/mol. The van der Waals surface area contributed by atoms with Crippen molar-refractivity contribution in [3.8, 4) is 0 Å². The summed E-state index contributed by atoms with van der Waals surface area (Å²) in [6.45, 7) is 0.645. The van der Waals surface area contributed by atoms with Crippen molar-refractivity contribution < 1.29 is 13.5 Å². The molecule has 1 aliphatic heterocycles. The number of nitrogens with zero attached hydrogens (tertiary/aromatic N) is 2. The normalized spacial score (nSPS) is 20.5. The molecule has 0 bridgehead atoms. The highest BCUT2D eigenvalue weighted by Gasteiger charge is 2.22. The van der Waals surface area contributed by atoms with E-state index in [1.807, 2.05) is 0 Å². The fraction of sp³-hybridized carbons (Fsp3) is 0.417. The maximum atomic E-state index is 13.9. The first-order valence-electron chi connectivity index (χ1n) is 5.81. The van der Waals surface area contributed by atoms with Crippen molar-refractivity contribution in [3.63, 3.8) is 0 Å². The van der Waals surface area contributed by atoms with E-state index >= 15 is 0 Å². The second-order valence-electron chi connectivity index (χ2n) is 4.34. The monoisotopic (exact) mass is 316 g/mol. The van der Waals surface area contributed by atoms with Gasteiger partial charge in [-0.1, -0.05) is 0 Å². The summed E-state index contributed by atoms with van der Waals surface area (Å²) in [6.07, 6.45) is 2.55. The Kier molecular flexibility index (Phi) is 3.07. The zero-order valence-corrected chi connectivity index (χ0v) is 11.1. The van der Waals surface area contributed by atoms with Crippen LogP contribution in [0, 0.1) is 11.6 Å². The van der Waals surface area contributed by atoms with Crippen LogP contribution in [0.4, 0.5) is 8.78 Å². The molecule has 0 amide bonds. The van der Waals surface area contributed by atoms with Gasteiger partial charge in [-0.3, -0.25) is 0 Å². The lowest BCUT2D eigenvalue weighted by Gasteiger charge is -2.23. The summed E-state index contributed by atoms with van der Waals surface area (Å²) < 4.78 is 34.6. The number of ether oxygens (including phenoxy) is 1. The van der Waals surface area contributed by atoms with Gasteiger partial charge >= 0.3 is 0 Å². The Morgan fingerprint density at radius 1 is 1.33 bits per heavy atom. The number of rotatable bonds is 1. The van der Waals surface area contributed by atoms with Gasteiger partial charge in [0.2, 0.25) is 0 Å². The summed E-state index contributed by atoms with van der Waals surface area (Å²) in [4.78, 5) is 0. The third-order valence-electron chi connectivity index (χ3n) is 3.10. The van der Waals surface area contributed by atoms with Crippen LogP contribution in [0.2, 0.25) is 0 Å². The Balaban J connectivity index is 2.17. The van der Waals surface area contributed by atoms with Crippen molar-refractivity contribution in [2.75, 3.05) is 6.61 Å².